The van der Waals surface area contributed by atoms with Gasteiger partial charge in [-0.15, -0.1) is 0 Å². The predicted molar refractivity (Wildman–Crippen MR) is 74.1 cm³/mol. The molecule has 1 aliphatic carbocycles. The molecule has 6 heteroatoms. The molecule has 1 heterocycles. The molecule has 6 nitrogen and oxygen atoms in total. The van der Waals surface area contributed by atoms with Gasteiger partial charge in [-0.3, -0.25) is 0 Å². The van der Waals surface area contributed by atoms with Gasteiger partial charge < -0.3 is 19.9 Å². The van der Waals surface area contributed by atoms with Crippen LogP contribution in [0.15, 0.2) is 16.9 Å². The smallest absolute Gasteiger partial charge is 0.407 e. The molecule has 20 heavy (non-hydrogen) atoms. The Morgan fingerprint density at radius 2 is 2.20 bits per heavy atom. The van der Waals surface area contributed by atoms with E-state index in [0.717, 1.165) is 25.0 Å². The number of hydrogen-bond donors (Lipinski definition) is 2. The van der Waals surface area contributed by atoms with Crippen molar-refractivity contribution in [3.05, 3.63) is 18.0 Å². The molecule has 1 aromatic heterocycles. The van der Waals surface area contributed by atoms with Crippen molar-refractivity contribution < 1.29 is 14.1 Å². The van der Waals surface area contributed by atoms with Crippen molar-refractivity contribution in [1.29, 1.82) is 0 Å². The van der Waals surface area contributed by atoms with Crippen LogP contribution in [0, 0.1) is 0 Å². The highest BCUT2D eigenvalue weighted by atomic mass is 16.6. The third-order valence-electron chi connectivity index (χ3n) is 3.22. The van der Waals surface area contributed by atoms with Crippen molar-refractivity contribution in [2.75, 3.05) is 0 Å². The summed E-state index contributed by atoms with van der Waals surface area (Å²) < 4.78 is 10.0. The summed E-state index contributed by atoms with van der Waals surface area (Å²) in [7, 11) is 0. The Bertz CT molecular complexity index is 425. The maximum Gasteiger partial charge on any atom is 0.407 e. The summed E-state index contributed by atoms with van der Waals surface area (Å²) in [6.45, 7) is 6.29. The van der Waals surface area contributed by atoms with E-state index < -0.39 is 5.60 Å². The topological polar surface area (TPSA) is 76.4 Å². The molecule has 1 aliphatic rings. The second-order valence-electron chi connectivity index (χ2n) is 6.22. The normalized spacial score (nSPS) is 22.8. The van der Waals surface area contributed by atoms with Gasteiger partial charge in [-0.1, -0.05) is 5.16 Å². The molecule has 1 saturated carbocycles. The molecule has 2 atom stereocenters. The van der Waals surface area contributed by atoms with Gasteiger partial charge in [0.25, 0.3) is 0 Å². The second kappa shape index (κ2) is 6.26. The van der Waals surface area contributed by atoms with Crippen molar-refractivity contribution in [3.8, 4) is 0 Å². The van der Waals surface area contributed by atoms with Crippen LogP contribution in [0.25, 0.3) is 0 Å². The highest BCUT2D eigenvalue weighted by Crippen LogP contribution is 2.20. The number of nitrogens with one attached hydrogen (secondary N) is 2. The highest BCUT2D eigenvalue weighted by Gasteiger charge is 2.27. The van der Waals surface area contributed by atoms with E-state index in [1.807, 2.05) is 26.8 Å². The first-order valence-electron chi connectivity index (χ1n) is 7.04. The number of hydrogen-bond acceptors (Lipinski definition) is 5. The first-order chi connectivity index (χ1) is 9.42. The van der Waals surface area contributed by atoms with Gasteiger partial charge in [0.15, 0.2) is 0 Å². The lowest BCUT2D eigenvalue weighted by molar-refractivity contribution is 0.0505. The zero-order chi connectivity index (χ0) is 14.6. The van der Waals surface area contributed by atoms with E-state index in [4.69, 9.17) is 9.26 Å². The van der Waals surface area contributed by atoms with Gasteiger partial charge in [-0.2, -0.15) is 0 Å². The van der Waals surface area contributed by atoms with Crippen molar-refractivity contribution in [3.63, 3.8) is 0 Å². The number of carbonyl (C=O) groups excluding carboxylic acids is 1. The van der Waals surface area contributed by atoms with E-state index in [2.05, 4.69) is 15.8 Å². The highest BCUT2D eigenvalue weighted by molar-refractivity contribution is 5.68. The minimum absolute atomic E-state index is 0.180. The second-order valence-corrected chi connectivity index (χ2v) is 6.22. The lowest BCUT2D eigenvalue weighted by atomic mass is 10.2. The monoisotopic (exact) mass is 281 g/mol. The number of amides is 1. The Kier molecular flexibility index (Phi) is 4.65. The fourth-order valence-electron chi connectivity index (χ4n) is 2.35. The van der Waals surface area contributed by atoms with Gasteiger partial charge in [0.1, 0.15) is 11.9 Å². The zero-order valence-electron chi connectivity index (χ0n) is 12.3. The van der Waals surface area contributed by atoms with Gasteiger partial charge in [-0.05, 0) is 40.0 Å². The van der Waals surface area contributed by atoms with E-state index in [1.165, 1.54) is 0 Å². The van der Waals surface area contributed by atoms with Crippen LogP contribution < -0.4 is 10.6 Å². The number of rotatable bonds is 4. The van der Waals surface area contributed by atoms with Crippen LogP contribution >= 0.6 is 0 Å². The molecule has 0 spiro atoms. The molecule has 1 fully saturated rings. The number of aromatic nitrogens is 1. The van der Waals surface area contributed by atoms with Crippen molar-refractivity contribution in [2.24, 2.45) is 0 Å². The van der Waals surface area contributed by atoms with Gasteiger partial charge >= 0.3 is 6.09 Å². The van der Waals surface area contributed by atoms with Gasteiger partial charge in [0, 0.05) is 24.7 Å². The lowest BCUT2D eigenvalue weighted by Crippen LogP contribution is -2.38. The molecule has 2 unspecified atom stereocenters. The van der Waals surface area contributed by atoms with E-state index in [1.54, 1.807) is 6.26 Å². The van der Waals surface area contributed by atoms with Crippen LogP contribution in [-0.4, -0.2) is 28.9 Å². The Hall–Kier alpha value is -1.56. The van der Waals surface area contributed by atoms with Crippen LogP contribution in [-0.2, 0) is 11.3 Å². The fraction of sp³-hybridized carbons (Fsp3) is 0.714. The van der Waals surface area contributed by atoms with Crippen LogP contribution in [0.2, 0.25) is 0 Å². The SMILES string of the molecule is CC(C)(C)OC(=O)NC1CCC(NCc2ccon2)C1. The Morgan fingerprint density at radius 1 is 1.45 bits per heavy atom. The minimum atomic E-state index is -0.451. The Labute approximate surface area is 119 Å². The number of nitrogens with zero attached hydrogens (tertiary/aromatic N) is 1. The largest absolute Gasteiger partial charge is 0.444 e. The van der Waals surface area contributed by atoms with Crippen LogP contribution in [0.3, 0.4) is 0 Å². The Morgan fingerprint density at radius 3 is 2.85 bits per heavy atom. The van der Waals surface area contributed by atoms with Gasteiger partial charge in [0.05, 0.1) is 5.69 Å². The predicted octanol–water partition coefficient (Wildman–Crippen LogP) is 2.21. The average molecular weight is 281 g/mol. The molecule has 0 aromatic carbocycles. The molecule has 0 aliphatic heterocycles. The average Bonchev–Trinajstić information content (AvgIpc) is 2.94. The quantitative estimate of drug-likeness (QED) is 0.885. The number of ether oxygens (including phenoxy) is 1. The first-order valence-corrected chi connectivity index (χ1v) is 7.04. The first kappa shape index (κ1) is 14.8. The number of carbonyl (C=O) groups is 1. The van der Waals surface area contributed by atoms with Crippen molar-refractivity contribution in [1.82, 2.24) is 15.8 Å². The maximum absolute atomic E-state index is 11.7. The van der Waals surface area contributed by atoms with E-state index in [0.29, 0.717) is 12.6 Å². The van der Waals surface area contributed by atoms with Gasteiger partial charge in [-0.25, -0.2) is 4.79 Å². The minimum Gasteiger partial charge on any atom is -0.444 e. The number of alkyl carbamates (subject to hydrolysis) is 1. The van der Waals surface area contributed by atoms with Gasteiger partial charge in [0.2, 0.25) is 0 Å². The summed E-state index contributed by atoms with van der Waals surface area (Å²) in [4.78, 5) is 11.7. The molecule has 0 radical (unpaired) electrons. The summed E-state index contributed by atoms with van der Waals surface area (Å²) in [5, 5.41) is 10.2. The summed E-state index contributed by atoms with van der Waals surface area (Å²) >= 11 is 0. The van der Waals surface area contributed by atoms with Crippen LogP contribution in [0.5, 0.6) is 0 Å². The summed E-state index contributed by atoms with van der Waals surface area (Å²) in [6, 6.07) is 2.42. The van der Waals surface area contributed by atoms with Crippen LogP contribution in [0.1, 0.15) is 45.7 Å². The molecule has 1 aromatic rings. The molecule has 2 rings (SSSR count). The van der Waals surface area contributed by atoms with Crippen molar-refractivity contribution >= 4 is 6.09 Å². The molecule has 0 bridgehead atoms. The third-order valence-corrected chi connectivity index (χ3v) is 3.22. The maximum atomic E-state index is 11.7. The molecule has 112 valence electrons. The summed E-state index contributed by atoms with van der Waals surface area (Å²) in [5.41, 5.74) is 0.446. The molecule has 0 saturated heterocycles. The zero-order valence-corrected chi connectivity index (χ0v) is 12.3. The van der Waals surface area contributed by atoms with Crippen molar-refractivity contribution in [2.45, 2.75) is 64.3 Å². The summed E-state index contributed by atoms with van der Waals surface area (Å²) in [6.07, 6.45) is 4.16. The van der Waals surface area contributed by atoms with E-state index >= 15 is 0 Å². The fourth-order valence-corrected chi connectivity index (χ4v) is 2.35. The summed E-state index contributed by atoms with van der Waals surface area (Å²) in [5.74, 6) is 0. The molecular formula is C14H23N3O3. The molecule has 2 N–H and O–H groups in total. The standard InChI is InChI=1S/C14H23N3O3/c1-14(2,3)20-13(18)16-11-5-4-10(8-11)15-9-12-6-7-19-17-12/h6-7,10-11,15H,4-5,8-9H2,1-3H3,(H,16,18). The van der Waals surface area contributed by atoms with E-state index in [9.17, 15) is 4.79 Å². The Balaban J connectivity index is 1.68. The van der Waals surface area contributed by atoms with E-state index in [-0.39, 0.29) is 12.1 Å². The van der Waals surface area contributed by atoms with Crippen LogP contribution in [0.4, 0.5) is 4.79 Å². The lowest BCUT2D eigenvalue weighted by Gasteiger charge is -2.21. The third kappa shape index (κ3) is 4.85. The molecule has 1 amide bonds. The molecular weight excluding hydrogens is 258 g/mol.